The number of rotatable bonds is 4. The molecule has 0 spiro atoms. The first-order valence-electron chi connectivity index (χ1n) is 8.17. The third-order valence-electron chi connectivity index (χ3n) is 4.33. The van der Waals surface area contributed by atoms with E-state index in [1.165, 1.54) is 0 Å². The lowest BCUT2D eigenvalue weighted by Crippen LogP contribution is -2.70. The van der Waals surface area contributed by atoms with Gasteiger partial charge in [-0.05, 0) is 38.8 Å². The fraction of sp³-hybridized carbons (Fsp3) is 0.647. The van der Waals surface area contributed by atoms with Crippen LogP contribution >= 0.6 is 0 Å². The molecule has 0 aromatic carbocycles. The molecule has 4 atom stereocenters. The third kappa shape index (κ3) is 3.82. The average molecular weight is 319 g/mol. The first kappa shape index (κ1) is 16.2. The van der Waals surface area contributed by atoms with Crippen LogP contribution in [-0.2, 0) is 16.0 Å². The van der Waals surface area contributed by atoms with E-state index in [2.05, 4.69) is 15.6 Å². The maximum Gasteiger partial charge on any atom is 0.407 e. The number of hydrogen-bond donors (Lipinski definition) is 2. The van der Waals surface area contributed by atoms with E-state index < -0.39 is 5.60 Å². The predicted octanol–water partition coefficient (Wildman–Crippen LogP) is 1.85. The zero-order valence-electron chi connectivity index (χ0n) is 13.9. The molecule has 2 fully saturated rings. The van der Waals surface area contributed by atoms with Crippen molar-refractivity contribution in [2.24, 2.45) is 5.92 Å². The van der Waals surface area contributed by atoms with Crippen LogP contribution in [0.5, 0.6) is 0 Å². The summed E-state index contributed by atoms with van der Waals surface area (Å²) in [7, 11) is 0. The summed E-state index contributed by atoms with van der Waals surface area (Å²) >= 11 is 0. The van der Waals surface area contributed by atoms with Gasteiger partial charge in [-0.1, -0.05) is 6.07 Å². The molecule has 1 aromatic rings. The summed E-state index contributed by atoms with van der Waals surface area (Å²) in [5, 5.41) is 6.50. The Kier molecular flexibility index (Phi) is 4.55. The smallest absolute Gasteiger partial charge is 0.407 e. The van der Waals surface area contributed by atoms with E-state index in [1.807, 2.05) is 39.1 Å². The standard InChI is InChI=1S/C17H25N3O3/c1-17(2,3)23-16(21)20-13-12-6-8-22-15(12)14(13)19-10-11-5-4-7-18-9-11/h4-5,7,9,12-15,19H,6,8,10H2,1-3H3,(H,20,21). The number of hydrogen-bond acceptors (Lipinski definition) is 5. The average Bonchev–Trinajstić information content (AvgIpc) is 2.89. The molecule has 23 heavy (non-hydrogen) atoms. The molecule has 2 aliphatic rings. The van der Waals surface area contributed by atoms with Gasteiger partial charge in [0.15, 0.2) is 0 Å². The van der Waals surface area contributed by atoms with Gasteiger partial charge in [0, 0.05) is 31.5 Å². The Morgan fingerprint density at radius 2 is 2.26 bits per heavy atom. The number of fused-ring (bicyclic) bond motifs is 1. The lowest BCUT2D eigenvalue weighted by Gasteiger charge is -2.48. The summed E-state index contributed by atoms with van der Waals surface area (Å²) in [6, 6.07) is 4.11. The Morgan fingerprint density at radius 1 is 1.43 bits per heavy atom. The molecule has 4 unspecified atom stereocenters. The summed E-state index contributed by atoms with van der Waals surface area (Å²) in [4.78, 5) is 16.2. The van der Waals surface area contributed by atoms with Gasteiger partial charge < -0.3 is 20.1 Å². The summed E-state index contributed by atoms with van der Waals surface area (Å²) < 4.78 is 11.2. The minimum atomic E-state index is -0.488. The number of pyridine rings is 1. The Balaban J connectivity index is 1.58. The Labute approximate surface area is 137 Å². The van der Waals surface area contributed by atoms with Crippen molar-refractivity contribution in [1.82, 2.24) is 15.6 Å². The number of carbonyl (C=O) groups excluding carboxylic acids is 1. The minimum Gasteiger partial charge on any atom is -0.444 e. The molecular weight excluding hydrogens is 294 g/mol. The zero-order chi connectivity index (χ0) is 16.4. The summed E-state index contributed by atoms with van der Waals surface area (Å²) in [6.45, 7) is 7.07. The van der Waals surface area contributed by atoms with Gasteiger partial charge in [-0.3, -0.25) is 4.98 Å². The molecule has 126 valence electrons. The fourth-order valence-corrected chi connectivity index (χ4v) is 3.33. The van der Waals surface area contributed by atoms with Crippen LogP contribution in [0.3, 0.4) is 0 Å². The van der Waals surface area contributed by atoms with Gasteiger partial charge in [-0.15, -0.1) is 0 Å². The highest BCUT2D eigenvalue weighted by molar-refractivity contribution is 5.68. The van der Waals surface area contributed by atoms with Gasteiger partial charge in [-0.2, -0.15) is 0 Å². The highest BCUT2D eigenvalue weighted by atomic mass is 16.6. The van der Waals surface area contributed by atoms with E-state index >= 15 is 0 Å². The summed E-state index contributed by atoms with van der Waals surface area (Å²) in [5.74, 6) is 0.369. The SMILES string of the molecule is CC(C)(C)OC(=O)NC1C2CCOC2C1NCc1cccnc1. The van der Waals surface area contributed by atoms with E-state index in [0.717, 1.165) is 18.6 Å². The number of alkyl carbamates (subject to hydrolysis) is 1. The summed E-state index contributed by atoms with van der Waals surface area (Å²) in [5.41, 5.74) is 0.628. The molecule has 0 bridgehead atoms. The zero-order valence-corrected chi connectivity index (χ0v) is 13.9. The number of carbonyl (C=O) groups is 1. The van der Waals surface area contributed by atoms with Crippen LogP contribution in [0.25, 0.3) is 0 Å². The van der Waals surface area contributed by atoms with Crippen molar-refractivity contribution in [2.75, 3.05) is 6.61 Å². The van der Waals surface area contributed by atoms with E-state index in [-0.39, 0.29) is 24.3 Å². The highest BCUT2D eigenvalue weighted by Gasteiger charge is 2.54. The fourth-order valence-electron chi connectivity index (χ4n) is 3.33. The van der Waals surface area contributed by atoms with Gasteiger partial charge in [0.1, 0.15) is 5.60 Å². The molecule has 2 heterocycles. The van der Waals surface area contributed by atoms with Crippen molar-refractivity contribution in [2.45, 2.75) is 57.5 Å². The molecule has 6 nitrogen and oxygen atoms in total. The number of aromatic nitrogens is 1. The largest absolute Gasteiger partial charge is 0.444 e. The topological polar surface area (TPSA) is 72.5 Å². The molecule has 1 aromatic heterocycles. The number of nitrogens with one attached hydrogen (secondary N) is 2. The molecule has 1 aliphatic carbocycles. The van der Waals surface area contributed by atoms with Crippen molar-refractivity contribution in [3.05, 3.63) is 30.1 Å². The van der Waals surface area contributed by atoms with Crippen LogP contribution < -0.4 is 10.6 Å². The second-order valence-electron chi connectivity index (χ2n) is 7.23. The molecular formula is C17H25N3O3. The maximum absolute atomic E-state index is 12.1. The Hall–Kier alpha value is -1.66. The second-order valence-corrected chi connectivity index (χ2v) is 7.23. The molecule has 1 saturated heterocycles. The van der Waals surface area contributed by atoms with Gasteiger partial charge in [0.2, 0.25) is 0 Å². The lowest BCUT2D eigenvalue weighted by molar-refractivity contribution is -0.0344. The molecule has 0 radical (unpaired) electrons. The molecule has 1 amide bonds. The van der Waals surface area contributed by atoms with Gasteiger partial charge >= 0.3 is 6.09 Å². The highest BCUT2D eigenvalue weighted by Crippen LogP contribution is 2.39. The maximum atomic E-state index is 12.1. The molecule has 1 saturated carbocycles. The van der Waals surface area contributed by atoms with Gasteiger partial charge in [0.05, 0.1) is 18.2 Å². The predicted molar refractivity (Wildman–Crippen MR) is 85.9 cm³/mol. The molecule has 2 N–H and O–H groups in total. The van der Waals surface area contributed by atoms with Crippen LogP contribution in [0.1, 0.15) is 32.8 Å². The quantitative estimate of drug-likeness (QED) is 0.886. The van der Waals surface area contributed by atoms with Crippen LogP contribution in [0, 0.1) is 5.92 Å². The lowest BCUT2D eigenvalue weighted by atomic mass is 9.71. The number of nitrogens with zero attached hydrogens (tertiary/aromatic N) is 1. The Bertz CT molecular complexity index is 544. The number of amides is 1. The van der Waals surface area contributed by atoms with Crippen LogP contribution in [0.4, 0.5) is 4.79 Å². The van der Waals surface area contributed by atoms with Crippen molar-refractivity contribution >= 4 is 6.09 Å². The van der Waals surface area contributed by atoms with Gasteiger partial charge in [0.25, 0.3) is 0 Å². The van der Waals surface area contributed by atoms with Crippen LogP contribution in [-0.4, -0.2) is 41.5 Å². The van der Waals surface area contributed by atoms with E-state index in [1.54, 1.807) is 6.20 Å². The van der Waals surface area contributed by atoms with Crippen LogP contribution in [0.15, 0.2) is 24.5 Å². The van der Waals surface area contributed by atoms with Gasteiger partial charge in [-0.25, -0.2) is 4.79 Å². The minimum absolute atomic E-state index is 0.0500. The van der Waals surface area contributed by atoms with E-state index in [0.29, 0.717) is 12.5 Å². The summed E-state index contributed by atoms with van der Waals surface area (Å²) in [6.07, 6.45) is 4.40. The Morgan fingerprint density at radius 3 is 2.96 bits per heavy atom. The number of ether oxygens (including phenoxy) is 2. The van der Waals surface area contributed by atoms with Crippen LogP contribution in [0.2, 0.25) is 0 Å². The molecule has 1 aliphatic heterocycles. The first-order chi connectivity index (χ1) is 10.9. The second kappa shape index (κ2) is 6.45. The molecule has 6 heteroatoms. The van der Waals surface area contributed by atoms with Crippen molar-refractivity contribution < 1.29 is 14.3 Å². The van der Waals surface area contributed by atoms with Crippen molar-refractivity contribution in [3.63, 3.8) is 0 Å². The van der Waals surface area contributed by atoms with E-state index in [9.17, 15) is 4.79 Å². The first-order valence-corrected chi connectivity index (χ1v) is 8.17. The van der Waals surface area contributed by atoms with Crippen molar-refractivity contribution in [1.29, 1.82) is 0 Å². The monoisotopic (exact) mass is 319 g/mol. The third-order valence-corrected chi connectivity index (χ3v) is 4.33. The molecule has 3 rings (SSSR count). The van der Waals surface area contributed by atoms with E-state index in [4.69, 9.17) is 9.47 Å². The normalized spacial score (nSPS) is 29.5. The van der Waals surface area contributed by atoms with Crippen molar-refractivity contribution in [3.8, 4) is 0 Å².